The van der Waals surface area contributed by atoms with E-state index in [1.54, 1.807) is 11.4 Å². The number of sulfonamides is 1. The van der Waals surface area contributed by atoms with Crippen LogP contribution in [0, 0.1) is 17.6 Å². The molecule has 1 unspecified atom stereocenters. The SMILES string of the molecule is O=C(Nc1ccc(F)c(F)c1)C1CCCN(S(=O)(=O)c2cccs2)C1. The molecule has 1 aliphatic heterocycles. The molecule has 2 aromatic rings. The van der Waals surface area contributed by atoms with Crippen molar-refractivity contribution in [3.05, 3.63) is 47.3 Å². The highest BCUT2D eigenvalue weighted by molar-refractivity contribution is 7.91. The number of rotatable bonds is 4. The largest absolute Gasteiger partial charge is 0.326 e. The van der Waals surface area contributed by atoms with Crippen LogP contribution in [0.2, 0.25) is 0 Å². The van der Waals surface area contributed by atoms with E-state index < -0.39 is 33.5 Å². The number of thiophene rings is 1. The van der Waals surface area contributed by atoms with Gasteiger partial charge in [-0.3, -0.25) is 4.79 Å². The zero-order valence-corrected chi connectivity index (χ0v) is 14.7. The van der Waals surface area contributed by atoms with Gasteiger partial charge in [0.1, 0.15) is 4.21 Å². The Bertz CT molecular complexity index is 870. The summed E-state index contributed by atoms with van der Waals surface area (Å²) in [5.41, 5.74) is 0.141. The van der Waals surface area contributed by atoms with Gasteiger partial charge in [0.25, 0.3) is 10.0 Å². The predicted molar refractivity (Wildman–Crippen MR) is 90.8 cm³/mol. The van der Waals surface area contributed by atoms with Gasteiger partial charge in [0.05, 0.1) is 5.92 Å². The molecule has 9 heteroatoms. The number of piperidine rings is 1. The summed E-state index contributed by atoms with van der Waals surface area (Å²) in [5.74, 6) is -3.00. The van der Waals surface area contributed by atoms with Gasteiger partial charge in [0.15, 0.2) is 11.6 Å². The van der Waals surface area contributed by atoms with Gasteiger partial charge in [-0.25, -0.2) is 17.2 Å². The van der Waals surface area contributed by atoms with Crippen LogP contribution in [-0.2, 0) is 14.8 Å². The number of carbonyl (C=O) groups excluding carboxylic acids is 1. The maximum atomic E-state index is 13.2. The van der Waals surface area contributed by atoms with Crippen LogP contribution in [-0.4, -0.2) is 31.7 Å². The Hall–Kier alpha value is -1.84. The molecule has 1 saturated heterocycles. The topological polar surface area (TPSA) is 66.5 Å². The summed E-state index contributed by atoms with van der Waals surface area (Å²) < 4.78 is 52.9. The molecule has 1 fully saturated rings. The van der Waals surface area contributed by atoms with Crippen molar-refractivity contribution in [3.8, 4) is 0 Å². The molecule has 1 N–H and O–H groups in total. The lowest BCUT2D eigenvalue weighted by atomic mass is 9.98. The smallest absolute Gasteiger partial charge is 0.252 e. The van der Waals surface area contributed by atoms with E-state index in [-0.39, 0.29) is 16.4 Å². The maximum Gasteiger partial charge on any atom is 0.252 e. The van der Waals surface area contributed by atoms with Crippen molar-refractivity contribution in [2.45, 2.75) is 17.1 Å². The lowest BCUT2D eigenvalue weighted by molar-refractivity contribution is -0.120. The molecule has 1 aromatic carbocycles. The van der Waals surface area contributed by atoms with Crippen molar-refractivity contribution in [3.63, 3.8) is 0 Å². The van der Waals surface area contributed by atoms with E-state index >= 15 is 0 Å². The minimum Gasteiger partial charge on any atom is -0.326 e. The number of anilines is 1. The Balaban J connectivity index is 1.70. The lowest BCUT2D eigenvalue weighted by Gasteiger charge is -2.30. The number of hydrogen-bond donors (Lipinski definition) is 1. The number of carbonyl (C=O) groups is 1. The van der Waals surface area contributed by atoms with E-state index in [0.29, 0.717) is 19.4 Å². The van der Waals surface area contributed by atoms with E-state index in [9.17, 15) is 22.0 Å². The second-order valence-corrected chi connectivity index (χ2v) is 8.86. The van der Waals surface area contributed by atoms with Gasteiger partial charge >= 0.3 is 0 Å². The Morgan fingerprint density at radius 2 is 2.04 bits per heavy atom. The lowest BCUT2D eigenvalue weighted by Crippen LogP contribution is -2.43. The number of nitrogens with zero attached hydrogens (tertiary/aromatic N) is 1. The molecular weight excluding hydrogens is 370 g/mol. The molecule has 1 aliphatic rings. The summed E-state index contributed by atoms with van der Waals surface area (Å²) in [6.07, 6.45) is 1.09. The predicted octanol–water partition coefficient (Wildman–Crippen LogP) is 3.07. The second kappa shape index (κ2) is 7.19. The molecule has 134 valence electrons. The Morgan fingerprint density at radius 3 is 2.72 bits per heavy atom. The van der Waals surface area contributed by atoms with Crippen LogP contribution in [0.4, 0.5) is 14.5 Å². The van der Waals surface area contributed by atoms with Crippen LogP contribution >= 0.6 is 11.3 Å². The molecule has 3 rings (SSSR count). The highest BCUT2D eigenvalue weighted by Crippen LogP contribution is 2.27. The fourth-order valence-corrected chi connectivity index (χ4v) is 5.40. The number of benzene rings is 1. The monoisotopic (exact) mass is 386 g/mol. The van der Waals surface area contributed by atoms with Gasteiger partial charge in [-0.15, -0.1) is 11.3 Å². The van der Waals surface area contributed by atoms with Crippen LogP contribution in [0.5, 0.6) is 0 Å². The molecule has 5 nitrogen and oxygen atoms in total. The van der Waals surface area contributed by atoms with Gasteiger partial charge in [-0.05, 0) is 36.4 Å². The summed E-state index contributed by atoms with van der Waals surface area (Å²) in [7, 11) is -3.61. The Morgan fingerprint density at radius 1 is 1.24 bits per heavy atom. The summed E-state index contributed by atoms with van der Waals surface area (Å²) >= 11 is 1.13. The molecule has 1 atom stereocenters. The first-order valence-corrected chi connectivity index (χ1v) is 9.99. The molecule has 1 aromatic heterocycles. The van der Waals surface area contributed by atoms with Crippen molar-refractivity contribution in [1.82, 2.24) is 4.31 Å². The van der Waals surface area contributed by atoms with Crippen LogP contribution in [0.15, 0.2) is 39.9 Å². The zero-order valence-electron chi connectivity index (χ0n) is 13.1. The van der Waals surface area contributed by atoms with Crippen LogP contribution in [0.25, 0.3) is 0 Å². The van der Waals surface area contributed by atoms with E-state index in [2.05, 4.69) is 5.32 Å². The number of hydrogen-bond acceptors (Lipinski definition) is 4. The van der Waals surface area contributed by atoms with E-state index in [1.165, 1.54) is 16.4 Å². The first-order valence-electron chi connectivity index (χ1n) is 7.67. The summed E-state index contributed by atoms with van der Waals surface area (Å²) in [6.45, 7) is 0.422. The van der Waals surface area contributed by atoms with E-state index in [0.717, 1.165) is 23.5 Å². The van der Waals surface area contributed by atoms with Crippen molar-refractivity contribution in [1.29, 1.82) is 0 Å². The molecule has 25 heavy (non-hydrogen) atoms. The highest BCUT2D eigenvalue weighted by atomic mass is 32.2. The third kappa shape index (κ3) is 3.88. The molecule has 1 amide bonds. The molecule has 0 spiro atoms. The normalized spacial score (nSPS) is 18.9. The summed E-state index contributed by atoms with van der Waals surface area (Å²) in [4.78, 5) is 12.4. The van der Waals surface area contributed by atoms with Gasteiger partial charge in [0.2, 0.25) is 5.91 Å². The van der Waals surface area contributed by atoms with Crippen molar-refractivity contribution in [2.24, 2.45) is 5.92 Å². The molecule has 0 bridgehead atoms. The first kappa shape index (κ1) is 18.0. The third-order valence-corrected chi connectivity index (χ3v) is 7.27. The minimum atomic E-state index is -3.61. The second-order valence-electron chi connectivity index (χ2n) is 5.75. The van der Waals surface area contributed by atoms with Crippen molar-refractivity contribution >= 4 is 33.0 Å². The third-order valence-electron chi connectivity index (χ3n) is 4.03. The average Bonchev–Trinajstić information content (AvgIpc) is 3.14. The van der Waals surface area contributed by atoms with Crippen LogP contribution in [0.3, 0.4) is 0 Å². The quantitative estimate of drug-likeness (QED) is 0.878. The summed E-state index contributed by atoms with van der Waals surface area (Å²) in [5, 5.41) is 4.21. The van der Waals surface area contributed by atoms with Crippen LogP contribution in [0.1, 0.15) is 12.8 Å². The number of amides is 1. The van der Waals surface area contributed by atoms with Crippen molar-refractivity contribution < 1.29 is 22.0 Å². The fraction of sp³-hybridized carbons (Fsp3) is 0.312. The van der Waals surface area contributed by atoms with Crippen LogP contribution < -0.4 is 5.32 Å². The van der Waals surface area contributed by atoms with Gasteiger partial charge in [0, 0.05) is 24.8 Å². The van der Waals surface area contributed by atoms with E-state index in [1.807, 2.05) is 0 Å². The standard InChI is InChI=1S/C16H16F2N2O3S2/c17-13-6-5-12(9-14(13)18)19-16(21)11-3-1-7-20(10-11)25(22,23)15-4-2-8-24-15/h2,4-6,8-9,11H,1,3,7,10H2,(H,19,21). The minimum absolute atomic E-state index is 0.0652. The maximum absolute atomic E-state index is 13.2. The Labute approximate surface area is 148 Å². The zero-order chi connectivity index (χ0) is 18.0. The van der Waals surface area contributed by atoms with Gasteiger partial charge < -0.3 is 5.32 Å². The molecule has 0 radical (unpaired) electrons. The summed E-state index contributed by atoms with van der Waals surface area (Å²) in [6, 6.07) is 6.29. The average molecular weight is 386 g/mol. The Kier molecular flexibility index (Phi) is 5.16. The molecule has 0 aliphatic carbocycles. The first-order chi connectivity index (χ1) is 11.9. The highest BCUT2D eigenvalue weighted by Gasteiger charge is 2.33. The van der Waals surface area contributed by atoms with E-state index in [4.69, 9.17) is 0 Å². The molecular formula is C16H16F2N2O3S2. The van der Waals surface area contributed by atoms with Gasteiger partial charge in [-0.1, -0.05) is 6.07 Å². The number of halogens is 2. The molecule has 0 saturated carbocycles. The van der Waals surface area contributed by atoms with Crippen molar-refractivity contribution in [2.75, 3.05) is 18.4 Å². The molecule has 2 heterocycles. The van der Waals surface area contributed by atoms with Gasteiger partial charge in [-0.2, -0.15) is 4.31 Å². The number of nitrogens with one attached hydrogen (secondary N) is 1. The fourth-order valence-electron chi connectivity index (χ4n) is 2.73.